The number of carbonyl (C=O) groups excluding carboxylic acids is 2. The SMILES string of the molecule is Cc1ccc(NC(=O)CSc2nc(CC(=O)N3CCN(C(c4ccccc4)c4ccccc4)CC3)cs2)cc1. The number of amides is 2. The first-order valence-electron chi connectivity index (χ1n) is 13.1. The minimum atomic E-state index is -0.0705. The number of thiazole rings is 1. The Morgan fingerprint density at radius 1 is 0.897 bits per heavy atom. The lowest BCUT2D eigenvalue weighted by atomic mass is 9.96. The van der Waals surface area contributed by atoms with Crippen LogP contribution in [0.4, 0.5) is 5.69 Å². The number of hydrogen-bond donors (Lipinski definition) is 1. The lowest BCUT2D eigenvalue weighted by Gasteiger charge is -2.39. The van der Waals surface area contributed by atoms with Crippen molar-refractivity contribution in [2.75, 3.05) is 37.2 Å². The molecule has 200 valence electrons. The third kappa shape index (κ3) is 7.35. The number of thioether (sulfide) groups is 1. The molecule has 0 unspecified atom stereocenters. The fourth-order valence-corrected chi connectivity index (χ4v) is 6.42. The first-order valence-corrected chi connectivity index (χ1v) is 15.0. The van der Waals surface area contributed by atoms with E-state index in [-0.39, 0.29) is 30.0 Å². The van der Waals surface area contributed by atoms with E-state index in [1.54, 1.807) is 0 Å². The second kappa shape index (κ2) is 13.1. The Morgan fingerprint density at radius 3 is 2.13 bits per heavy atom. The summed E-state index contributed by atoms with van der Waals surface area (Å²) in [5.41, 5.74) is 5.24. The Hall–Kier alpha value is -3.46. The number of nitrogens with zero attached hydrogens (tertiary/aromatic N) is 3. The van der Waals surface area contributed by atoms with Gasteiger partial charge in [-0.25, -0.2) is 4.98 Å². The van der Waals surface area contributed by atoms with Crippen LogP contribution in [0.2, 0.25) is 0 Å². The fourth-order valence-electron chi connectivity index (χ4n) is 4.78. The van der Waals surface area contributed by atoms with Crippen LogP contribution in [0.5, 0.6) is 0 Å². The van der Waals surface area contributed by atoms with E-state index in [1.165, 1.54) is 34.2 Å². The van der Waals surface area contributed by atoms with Gasteiger partial charge in [0.2, 0.25) is 11.8 Å². The molecular weight excluding hydrogens is 525 g/mol. The topological polar surface area (TPSA) is 65.5 Å². The Bertz CT molecular complexity index is 1330. The van der Waals surface area contributed by atoms with Crippen LogP contribution >= 0.6 is 23.1 Å². The van der Waals surface area contributed by atoms with E-state index in [4.69, 9.17) is 0 Å². The van der Waals surface area contributed by atoms with Gasteiger partial charge >= 0.3 is 0 Å². The second-order valence-corrected chi connectivity index (χ2v) is 11.7. The number of nitrogens with one attached hydrogen (secondary N) is 1. The Balaban J connectivity index is 1.12. The highest BCUT2D eigenvalue weighted by atomic mass is 32.2. The number of aromatic nitrogens is 1. The van der Waals surface area contributed by atoms with Crippen LogP contribution in [0.1, 0.15) is 28.4 Å². The molecule has 39 heavy (non-hydrogen) atoms. The van der Waals surface area contributed by atoms with Crippen molar-refractivity contribution in [3.8, 4) is 0 Å². The maximum absolute atomic E-state index is 13.1. The van der Waals surface area contributed by atoms with E-state index in [2.05, 4.69) is 63.7 Å². The Kier molecular flexibility index (Phi) is 9.08. The van der Waals surface area contributed by atoms with Crippen molar-refractivity contribution in [1.29, 1.82) is 0 Å². The highest BCUT2D eigenvalue weighted by Crippen LogP contribution is 2.30. The molecule has 2 heterocycles. The lowest BCUT2D eigenvalue weighted by Crippen LogP contribution is -2.50. The predicted octanol–water partition coefficient (Wildman–Crippen LogP) is 5.66. The van der Waals surface area contributed by atoms with Crippen molar-refractivity contribution in [2.45, 2.75) is 23.7 Å². The average molecular weight is 557 g/mol. The molecule has 1 N–H and O–H groups in total. The molecule has 2 amide bonds. The smallest absolute Gasteiger partial charge is 0.234 e. The summed E-state index contributed by atoms with van der Waals surface area (Å²) in [5, 5.41) is 4.83. The maximum Gasteiger partial charge on any atom is 0.234 e. The Labute approximate surface area is 238 Å². The summed E-state index contributed by atoms with van der Waals surface area (Å²) in [5.74, 6) is 0.309. The molecule has 1 saturated heterocycles. The van der Waals surface area contributed by atoms with Gasteiger partial charge in [0.15, 0.2) is 4.34 Å². The highest BCUT2D eigenvalue weighted by Gasteiger charge is 2.28. The molecule has 0 spiro atoms. The number of rotatable bonds is 9. The van der Waals surface area contributed by atoms with Crippen molar-refractivity contribution in [3.63, 3.8) is 0 Å². The minimum Gasteiger partial charge on any atom is -0.340 e. The van der Waals surface area contributed by atoms with Gasteiger partial charge in [0.05, 0.1) is 23.9 Å². The van der Waals surface area contributed by atoms with Crippen LogP contribution in [0.25, 0.3) is 0 Å². The maximum atomic E-state index is 13.1. The summed E-state index contributed by atoms with van der Waals surface area (Å²) in [4.78, 5) is 34.4. The number of anilines is 1. The van der Waals surface area contributed by atoms with Crippen LogP contribution in [0.3, 0.4) is 0 Å². The standard InChI is InChI=1S/C31H32N4O2S2/c1-23-12-14-26(15-13-23)32-28(36)22-39-31-33-27(21-38-31)20-29(37)34-16-18-35(19-17-34)30(24-8-4-2-5-9-24)25-10-6-3-7-11-25/h2-15,21,30H,16-20,22H2,1H3,(H,32,36). The largest absolute Gasteiger partial charge is 0.340 e. The zero-order valence-electron chi connectivity index (χ0n) is 22.0. The molecule has 0 atom stereocenters. The van der Waals surface area contributed by atoms with E-state index < -0.39 is 0 Å². The van der Waals surface area contributed by atoms with Gasteiger partial charge in [-0.1, -0.05) is 90.1 Å². The molecule has 8 heteroatoms. The fraction of sp³-hybridized carbons (Fsp3) is 0.258. The van der Waals surface area contributed by atoms with Gasteiger partial charge in [-0.05, 0) is 30.2 Å². The van der Waals surface area contributed by atoms with Crippen LogP contribution < -0.4 is 5.32 Å². The molecule has 6 nitrogen and oxygen atoms in total. The van der Waals surface area contributed by atoms with Gasteiger partial charge in [-0.2, -0.15) is 0 Å². The van der Waals surface area contributed by atoms with Crippen LogP contribution in [0.15, 0.2) is 94.6 Å². The van der Waals surface area contributed by atoms with Crippen molar-refractivity contribution in [3.05, 3.63) is 113 Å². The second-order valence-electron chi connectivity index (χ2n) is 9.63. The van der Waals surface area contributed by atoms with E-state index in [0.717, 1.165) is 34.4 Å². The molecule has 1 fully saturated rings. The summed E-state index contributed by atoms with van der Waals surface area (Å²) in [6, 6.07) is 29.1. The first kappa shape index (κ1) is 27.1. The third-order valence-electron chi connectivity index (χ3n) is 6.79. The summed E-state index contributed by atoms with van der Waals surface area (Å²) in [6.07, 6.45) is 0.285. The summed E-state index contributed by atoms with van der Waals surface area (Å²) in [6.45, 7) is 5.03. The zero-order valence-corrected chi connectivity index (χ0v) is 23.6. The van der Waals surface area contributed by atoms with Crippen LogP contribution in [-0.4, -0.2) is 58.5 Å². The van der Waals surface area contributed by atoms with Gasteiger partial charge in [0.25, 0.3) is 0 Å². The Morgan fingerprint density at radius 2 is 1.51 bits per heavy atom. The molecule has 3 aromatic carbocycles. The van der Waals surface area contributed by atoms with Gasteiger partial charge in [0, 0.05) is 37.2 Å². The summed E-state index contributed by atoms with van der Waals surface area (Å²) >= 11 is 2.88. The summed E-state index contributed by atoms with van der Waals surface area (Å²) in [7, 11) is 0. The van der Waals surface area contributed by atoms with Gasteiger partial charge in [0.1, 0.15) is 0 Å². The number of carbonyl (C=O) groups is 2. The number of hydrogen-bond acceptors (Lipinski definition) is 6. The monoisotopic (exact) mass is 556 g/mol. The molecule has 0 saturated carbocycles. The molecule has 0 radical (unpaired) electrons. The third-order valence-corrected chi connectivity index (χ3v) is 8.86. The van der Waals surface area contributed by atoms with Crippen molar-refractivity contribution in [1.82, 2.24) is 14.8 Å². The van der Waals surface area contributed by atoms with Gasteiger partial charge < -0.3 is 10.2 Å². The van der Waals surface area contributed by atoms with E-state index in [1.807, 2.05) is 53.6 Å². The molecular formula is C31H32N4O2S2. The molecule has 1 aromatic heterocycles. The minimum absolute atomic E-state index is 0.0705. The first-order chi connectivity index (χ1) is 19.0. The van der Waals surface area contributed by atoms with Crippen LogP contribution in [-0.2, 0) is 16.0 Å². The lowest BCUT2D eigenvalue weighted by molar-refractivity contribution is -0.132. The predicted molar refractivity (Wildman–Crippen MR) is 159 cm³/mol. The molecule has 5 rings (SSSR count). The number of benzene rings is 3. The van der Waals surface area contributed by atoms with Gasteiger partial charge in [-0.3, -0.25) is 14.5 Å². The molecule has 1 aliphatic heterocycles. The van der Waals surface area contributed by atoms with E-state index in [0.29, 0.717) is 13.1 Å². The normalized spacial score (nSPS) is 13.9. The van der Waals surface area contributed by atoms with E-state index >= 15 is 0 Å². The average Bonchev–Trinajstić information content (AvgIpc) is 3.42. The van der Waals surface area contributed by atoms with Gasteiger partial charge in [-0.15, -0.1) is 11.3 Å². The number of aryl methyl sites for hydroxylation is 1. The number of piperazine rings is 1. The van der Waals surface area contributed by atoms with Crippen molar-refractivity contribution in [2.24, 2.45) is 0 Å². The van der Waals surface area contributed by atoms with Crippen LogP contribution in [0, 0.1) is 6.92 Å². The van der Waals surface area contributed by atoms with Crippen molar-refractivity contribution >= 4 is 40.6 Å². The highest BCUT2D eigenvalue weighted by molar-refractivity contribution is 8.01. The zero-order chi connectivity index (χ0) is 27.0. The molecule has 4 aromatic rings. The van der Waals surface area contributed by atoms with E-state index in [9.17, 15) is 9.59 Å². The molecule has 1 aliphatic rings. The molecule has 0 bridgehead atoms. The molecule has 0 aliphatic carbocycles. The quantitative estimate of drug-likeness (QED) is 0.270. The summed E-state index contributed by atoms with van der Waals surface area (Å²) < 4.78 is 0.801. The van der Waals surface area contributed by atoms with Crippen molar-refractivity contribution < 1.29 is 9.59 Å².